The molecule has 3 rings (SSSR count). The van der Waals surface area contributed by atoms with Crippen LogP contribution in [0.5, 0.6) is 0 Å². The van der Waals surface area contributed by atoms with Gasteiger partial charge in [-0.25, -0.2) is 0 Å². The maximum Gasteiger partial charge on any atom is 0.181 e. The van der Waals surface area contributed by atoms with Gasteiger partial charge in [-0.2, -0.15) is 5.10 Å². The van der Waals surface area contributed by atoms with Crippen molar-refractivity contribution in [2.75, 3.05) is 38.6 Å². The van der Waals surface area contributed by atoms with Crippen molar-refractivity contribution >= 4 is 5.69 Å². The normalized spacial score (nSPS) is 23.8. The van der Waals surface area contributed by atoms with Gasteiger partial charge in [0.15, 0.2) is 5.79 Å². The summed E-state index contributed by atoms with van der Waals surface area (Å²) in [5.74, 6) is -0.332. The molecule has 1 aromatic rings. The lowest BCUT2D eigenvalue weighted by atomic mass is 10.0. The lowest BCUT2D eigenvalue weighted by molar-refractivity contribution is -0.189. The number of likely N-dealkylation sites (tertiary alicyclic amines) is 1. The Labute approximate surface area is 107 Å². The standard InChI is InChI=1S/C12H20N4O2/c13-11-8-14-16(9-11)5-4-15-3-1-2-12(10-15)17-6-7-18-12/h8-9H,1-7,10,13H2. The highest BCUT2D eigenvalue weighted by Crippen LogP contribution is 2.29. The maximum atomic E-state index is 5.76. The van der Waals surface area contributed by atoms with E-state index in [2.05, 4.69) is 10.00 Å². The molecule has 2 aliphatic rings. The number of hydrogen-bond acceptors (Lipinski definition) is 5. The number of ether oxygens (including phenoxy) is 2. The Balaban J connectivity index is 1.53. The molecule has 0 aliphatic carbocycles. The van der Waals surface area contributed by atoms with E-state index in [1.54, 1.807) is 6.20 Å². The zero-order valence-electron chi connectivity index (χ0n) is 10.5. The van der Waals surface area contributed by atoms with Crippen LogP contribution in [0.25, 0.3) is 0 Å². The second-order valence-electron chi connectivity index (χ2n) is 5.02. The Kier molecular flexibility index (Phi) is 3.23. The topological polar surface area (TPSA) is 65.5 Å². The van der Waals surface area contributed by atoms with Crippen molar-refractivity contribution in [3.63, 3.8) is 0 Å². The molecule has 2 saturated heterocycles. The SMILES string of the molecule is Nc1cnn(CCN2CCCC3(C2)OCCO3)c1. The Morgan fingerprint density at radius 1 is 1.33 bits per heavy atom. The van der Waals surface area contributed by atoms with Gasteiger partial charge in [-0.1, -0.05) is 0 Å². The first-order valence-corrected chi connectivity index (χ1v) is 6.54. The number of nitrogens with two attached hydrogens (primary N) is 1. The number of nitrogen functional groups attached to an aromatic ring is 1. The molecule has 2 aliphatic heterocycles. The molecular weight excluding hydrogens is 232 g/mol. The van der Waals surface area contributed by atoms with Crippen molar-refractivity contribution in [1.29, 1.82) is 0 Å². The highest BCUT2D eigenvalue weighted by molar-refractivity contribution is 5.30. The van der Waals surface area contributed by atoms with Crippen LogP contribution < -0.4 is 5.73 Å². The van der Waals surface area contributed by atoms with Crippen LogP contribution in [0.3, 0.4) is 0 Å². The highest BCUT2D eigenvalue weighted by Gasteiger charge is 2.40. The first-order chi connectivity index (χ1) is 8.76. The van der Waals surface area contributed by atoms with Crippen LogP contribution in [-0.4, -0.2) is 53.3 Å². The van der Waals surface area contributed by atoms with Gasteiger partial charge in [-0.15, -0.1) is 0 Å². The maximum absolute atomic E-state index is 5.76. The average Bonchev–Trinajstić information content (AvgIpc) is 2.97. The number of hydrogen-bond donors (Lipinski definition) is 1. The molecule has 2 fully saturated rings. The highest BCUT2D eigenvalue weighted by atomic mass is 16.7. The fourth-order valence-electron chi connectivity index (χ4n) is 2.74. The lowest BCUT2D eigenvalue weighted by Crippen LogP contribution is -2.49. The number of rotatable bonds is 3. The van der Waals surface area contributed by atoms with Crippen LogP contribution in [0.15, 0.2) is 12.4 Å². The van der Waals surface area contributed by atoms with E-state index in [0.717, 1.165) is 52.2 Å². The predicted molar refractivity (Wildman–Crippen MR) is 66.9 cm³/mol. The van der Waals surface area contributed by atoms with E-state index in [9.17, 15) is 0 Å². The molecule has 1 aromatic heterocycles. The molecule has 0 aromatic carbocycles. The molecule has 18 heavy (non-hydrogen) atoms. The summed E-state index contributed by atoms with van der Waals surface area (Å²) in [6.45, 7) is 5.23. The van der Waals surface area contributed by atoms with Crippen LogP contribution in [-0.2, 0) is 16.0 Å². The van der Waals surface area contributed by atoms with Gasteiger partial charge in [0.1, 0.15) is 0 Å². The predicted octanol–water partition coefficient (Wildman–Crippen LogP) is 0.304. The molecule has 6 nitrogen and oxygen atoms in total. The van der Waals surface area contributed by atoms with Gasteiger partial charge in [-0.05, 0) is 13.0 Å². The van der Waals surface area contributed by atoms with Gasteiger partial charge in [0.2, 0.25) is 0 Å². The number of piperidine rings is 1. The van der Waals surface area contributed by atoms with E-state index in [4.69, 9.17) is 15.2 Å². The summed E-state index contributed by atoms with van der Waals surface area (Å²) in [7, 11) is 0. The molecule has 0 radical (unpaired) electrons. The second-order valence-corrected chi connectivity index (χ2v) is 5.02. The fourth-order valence-corrected chi connectivity index (χ4v) is 2.74. The average molecular weight is 252 g/mol. The summed E-state index contributed by atoms with van der Waals surface area (Å²) in [5.41, 5.74) is 6.36. The lowest BCUT2D eigenvalue weighted by Gasteiger charge is -2.38. The molecule has 100 valence electrons. The van der Waals surface area contributed by atoms with Crippen LogP contribution >= 0.6 is 0 Å². The monoisotopic (exact) mass is 252 g/mol. The summed E-state index contributed by atoms with van der Waals surface area (Å²) in [4.78, 5) is 2.38. The van der Waals surface area contributed by atoms with Crippen LogP contribution in [0.1, 0.15) is 12.8 Å². The number of aromatic nitrogens is 2. The number of anilines is 1. The largest absolute Gasteiger partial charge is 0.396 e. The van der Waals surface area contributed by atoms with Crippen molar-refractivity contribution in [2.45, 2.75) is 25.2 Å². The smallest absolute Gasteiger partial charge is 0.181 e. The minimum absolute atomic E-state index is 0.332. The zero-order valence-corrected chi connectivity index (χ0v) is 10.5. The van der Waals surface area contributed by atoms with Gasteiger partial charge in [-0.3, -0.25) is 9.58 Å². The summed E-state index contributed by atoms with van der Waals surface area (Å²) >= 11 is 0. The summed E-state index contributed by atoms with van der Waals surface area (Å²) in [6.07, 6.45) is 5.68. The van der Waals surface area contributed by atoms with Crippen molar-refractivity contribution in [2.24, 2.45) is 0 Å². The first-order valence-electron chi connectivity index (χ1n) is 6.54. The molecule has 0 saturated carbocycles. The van der Waals surface area contributed by atoms with Gasteiger partial charge >= 0.3 is 0 Å². The molecule has 6 heteroatoms. The van der Waals surface area contributed by atoms with Gasteiger partial charge in [0.25, 0.3) is 0 Å². The Bertz CT molecular complexity index is 401. The minimum atomic E-state index is -0.332. The van der Waals surface area contributed by atoms with E-state index in [1.807, 2.05) is 10.9 Å². The third-order valence-corrected chi connectivity index (χ3v) is 3.61. The third kappa shape index (κ3) is 2.50. The Morgan fingerprint density at radius 3 is 2.89 bits per heavy atom. The third-order valence-electron chi connectivity index (χ3n) is 3.61. The summed E-state index contributed by atoms with van der Waals surface area (Å²) < 4.78 is 13.4. The molecule has 3 heterocycles. The Hall–Kier alpha value is -1.11. The van der Waals surface area contributed by atoms with Crippen molar-refractivity contribution < 1.29 is 9.47 Å². The molecule has 0 bridgehead atoms. The van der Waals surface area contributed by atoms with E-state index in [0.29, 0.717) is 5.69 Å². The van der Waals surface area contributed by atoms with Crippen LogP contribution in [0, 0.1) is 0 Å². The summed E-state index contributed by atoms with van der Waals surface area (Å²) in [5, 5.41) is 4.19. The van der Waals surface area contributed by atoms with Crippen molar-refractivity contribution in [3.05, 3.63) is 12.4 Å². The van der Waals surface area contributed by atoms with Gasteiger partial charge in [0.05, 0.1) is 38.2 Å². The minimum Gasteiger partial charge on any atom is -0.396 e. The van der Waals surface area contributed by atoms with E-state index in [-0.39, 0.29) is 5.79 Å². The van der Waals surface area contributed by atoms with Crippen LogP contribution in [0.4, 0.5) is 5.69 Å². The first kappa shape index (κ1) is 12.0. The van der Waals surface area contributed by atoms with Crippen LogP contribution in [0.2, 0.25) is 0 Å². The molecule has 1 spiro atoms. The van der Waals surface area contributed by atoms with Crippen molar-refractivity contribution in [3.8, 4) is 0 Å². The molecule has 2 N–H and O–H groups in total. The second kappa shape index (κ2) is 4.87. The molecular formula is C12H20N4O2. The summed E-state index contributed by atoms with van der Waals surface area (Å²) in [6, 6.07) is 0. The number of nitrogens with zero attached hydrogens (tertiary/aromatic N) is 3. The molecule has 0 atom stereocenters. The quantitative estimate of drug-likeness (QED) is 0.838. The van der Waals surface area contributed by atoms with Gasteiger partial charge in [0, 0.05) is 19.2 Å². The van der Waals surface area contributed by atoms with E-state index < -0.39 is 0 Å². The molecule has 0 unspecified atom stereocenters. The van der Waals surface area contributed by atoms with E-state index >= 15 is 0 Å². The zero-order chi connectivity index (χ0) is 12.4. The van der Waals surface area contributed by atoms with E-state index in [1.165, 1.54) is 0 Å². The Morgan fingerprint density at radius 2 is 2.17 bits per heavy atom. The van der Waals surface area contributed by atoms with Crippen molar-refractivity contribution in [1.82, 2.24) is 14.7 Å². The fraction of sp³-hybridized carbons (Fsp3) is 0.750. The van der Waals surface area contributed by atoms with Gasteiger partial charge < -0.3 is 15.2 Å². The molecule has 0 amide bonds.